The lowest BCUT2D eigenvalue weighted by atomic mass is 9.33. The van der Waals surface area contributed by atoms with E-state index in [1.807, 2.05) is 0 Å². The monoisotopic (exact) mass is 224 g/mol. The average Bonchev–Trinajstić information content (AvgIpc) is 2.23. The van der Waals surface area contributed by atoms with Crippen LogP contribution < -0.4 is 0 Å². The van der Waals surface area contributed by atoms with Crippen molar-refractivity contribution in [2.45, 2.75) is 74.7 Å². The summed E-state index contributed by atoms with van der Waals surface area (Å²) in [5, 5.41) is 0. The van der Waals surface area contributed by atoms with Gasteiger partial charge in [-0.1, -0.05) is 68.2 Å². The van der Waals surface area contributed by atoms with Crippen LogP contribution in [0.3, 0.4) is 0 Å². The standard InChI is InChI=1S/C16H32/c1-9-11-13-12(3)16(8,15(13,6)7)14(4,5)10-2/h12-13H,9-11H2,1-8H3. The molecule has 3 unspecified atom stereocenters. The molecular weight excluding hydrogens is 192 g/mol. The number of hydrogen-bond acceptors (Lipinski definition) is 0. The Morgan fingerprint density at radius 1 is 1.06 bits per heavy atom. The maximum absolute atomic E-state index is 2.54. The van der Waals surface area contributed by atoms with Gasteiger partial charge in [0.2, 0.25) is 0 Å². The van der Waals surface area contributed by atoms with Gasteiger partial charge in [0.25, 0.3) is 0 Å². The maximum atomic E-state index is 2.54. The van der Waals surface area contributed by atoms with E-state index < -0.39 is 0 Å². The first kappa shape index (κ1) is 14.1. The van der Waals surface area contributed by atoms with Crippen LogP contribution in [0.5, 0.6) is 0 Å². The third kappa shape index (κ3) is 1.48. The lowest BCUT2D eigenvalue weighted by Gasteiger charge is -2.71. The molecule has 1 rings (SSSR count). The van der Waals surface area contributed by atoms with Crippen molar-refractivity contribution >= 4 is 0 Å². The molecule has 0 nitrogen and oxygen atoms in total. The minimum absolute atomic E-state index is 0.458. The van der Waals surface area contributed by atoms with E-state index in [1.54, 1.807) is 0 Å². The molecule has 0 heterocycles. The largest absolute Gasteiger partial charge is 0.0654 e. The summed E-state index contributed by atoms with van der Waals surface area (Å²) in [6, 6.07) is 0. The normalized spacial score (nSPS) is 38.2. The molecule has 1 fully saturated rings. The zero-order valence-electron chi connectivity index (χ0n) is 12.8. The van der Waals surface area contributed by atoms with Crippen molar-refractivity contribution in [1.82, 2.24) is 0 Å². The van der Waals surface area contributed by atoms with Crippen LogP contribution >= 0.6 is 0 Å². The van der Waals surface area contributed by atoms with Gasteiger partial charge in [0.05, 0.1) is 0 Å². The van der Waals surface area contributed by atoms with Gasteiger partial charge in [0.15, 0.2) is 0 Å². The molecule has 0 aliphatic heterocycles. The van der Waals surface area contributed by atoms with Gasteiger partial charge in [-0.05, 0) is 34.5 Å². The molecule has 0 N–H and O–H groups in total. The quantitative estimate of drug-likeness (QED) is 0.589. The first-order chi connectivity index (χ1) is 7.16. The fourth-order valence-electron chi connectivity index (χ4n) is 4.68. The summed E-state index contributed by atoms with van der Waals surface area (Å²) >= 11 is 0. The van der Waals surface area contributed by atoms with Crippen LogP contribution in [0.15, 0.2) is 0 Å². The second kappa shape index (κ2) is 4.03. The van der Waals surface area contributed by atoms with Crippen LogP contribution in [0.1, 0.15) is 74.7 Å². The molecule has 1 aliphatic rings. The summed E-state index contributed by atoms with van der Waals surface area (Å²) < 4.78 is 0. The van der Waals surface area contributed by atoms with Gasteiger partial charge in [-0.2, -0.15) is 0 Å². The smallest absolute Gasteiger partial charge is 0.0192 e. The highest BCUT2D eigenvalue weighted by molar-refractivity contribution is 5.14. The SMILES string of the molecule is CCCC1C(C)C(C)(C(C)(C)CC)C1(C)C. The molecule has 3 atom stereocenters. The van der Waals surface area contributed by atoms with E-state index in [4.69, 9.17) is 0 Å². The van der Waals surface area contributed by atoms with Crippen LogP contribution in [0.25, 0.3) is 0 Å². The van der Waals surface area contributed by atoms with Crippen molar-refractivity contribution in [3.8, 4) is 0 Å². The Kier molecular flexibility index (Phi) is 3.54. The van der Waals surface area contributed by atoms with Crippen molar-refractivity contribution in [1.29, 1.82) is 0 Å². The first-order valence-corrected chi connectivity index (χ1v) is 7.16. The molecule has 0 aromatic carbocycles. The molecule has 0 bridgehead atoms. The Morgan fingerprint density at radius 2 is 1.56 bits per heavy atom. The second-order valence-electron chi connectivity index (χ2n) is 7.35. The number of hydrogen-bond donors (Lipinski definition) is 0. The van der Waals surface area contributed by atoms with Crippen molar-refractivity contribution in [2.24, 2.45) is 28.1 Å². The van der Waals surface area contributed by atoms with Crippen LogP contribution in [-0.4, -0.2) is 0 Å². The summed E-state index contributed by atoms with van der Waals surface area (Å²) in [4.78, 5) is 0. The van der Waals surface area contributed by atoms with E-state index in [1.165, 1.54) is 19.3 Å². The third-order valence-corrected chi connectivity index (χ3v) is 6.67. The molecule has 0 heteroatoms. The first-order valence-electron chi connectivity index (χ1n) is 7.16. The van der Waals surface area contributed by atoms with E-state index in [-0.39, 0.29) is 0 Å². The van der Waals surface area contributed by atoms with Gasteiger partial charge < -0.3 is 0 Å². The van der Waals surface area contributed by atoms with E-state index in [0.29, 0.717) is 16.2 Å². The van der Waals surface area contributed by atoms with Gasteiger partial charge in [-0.3, -0.25) is 0 Å². The molecule has 0 spiro atoms. The maximum Gasteiger partial charge on any atom is -0.0192 e. The van der Waals surface area contributed by atoms with Crippen LogP contribution in [-0.2, 0) is 0 Å². The van der Waals surface area contributed by atoms with Crippen molar-refractivity contribution < 1.29 is 0 Å². The van der Waals surface area contributed by atoms with Gasteiger partial charge in [0, 0.05) is 0 Å². The zero-order valence-corrected chi connectivity index (χ0v) is 12.8. The predicted octanol–water partition coefficient (Wildman–Crippen LogP) is 5.52. The average molecular weight is 224 g/mol. The summed E-state index contributed by atoms with van der Waals surface area (Å²) in [6.45, 7) is 19.6. The molecule has 0 aromatic heterocycles. The van der Waals surface area contributed by atoms with Crippen LogP contribution in [0.2, 0.25) is 0 Å². The van der Waals surface area contributed by atoms with Gasteiger partial charge in [-0.15, -0.1) is 0 Å². The predicted molar refractivity (Wildman–Crippen MR) is 73.5 cm³/mol. The Balaban J connectivity index is 3.01. The molecule has 1 aliphatic carbocycles. The molecule has 0 aromatic rings. The zero-order chi connectivity index (χ0) is 12.8. The fraction of sp³-hybridized carbons (Fsp3) is 1.00. The molecule has 96 valence electrons. The Bertz CT molecular complexity index is 249. The van der Waals surface area contributed by atoms with E-state index >= 15 is 0 Å². The minimum Gasteiger partial charge on any atom is -0.0654 e. The topological polar surface area (TPSA) is 0 Å². The minimum atomic E-state index is 0.458. The van der Waals surface area contributed by atoms with E-state index in [2.05, 4.69) is 55.4 Å². The van der Waals surface area contributed by atoms with Gasteiger partial charge in [-0.25, -0.2) is 0 Å². The fourth-order valence-corrected chi connectivity index (χ4v) is 4.68. The molecular formula is C16H32. The van der Waals surface area contributed by atoms with Crippen molar-refractivity contribution in [2.75, 3.05) is 0 Å². The molecule has 0 amide bonds. The highest BCUT2D eigenvalue weighted by atomic mass is 14.7. The van der Waals surface area contributed by atoms with Crippen molar-refractivity contribution in [3.63, 3.8) is 0 Å². The number of rotatable bonds is 4. The van der Waals surface area contributed by atoms with Crippen LogP contribution in [0, 0.1) is 28.1 Å². The Hall–Kier alpha value is 0. The summed E-state index contributed by atoms with van der Waals surface area (Å²) in [6.07, 6.45) is 4.03. The van der Waals surface area contributed by atoms with Gasteiger partial charge in [0.1, 0.15) is 0 Å². The third-order valence-electron chi connectivity index (χ3n) is 6.67. The van der Waals surface area contributed by atoms with E-state index in [9.17, 15) is 0 Å². The molecule has 0 radical (unpaired) electrons. The lowest BCUT2D eigenvalue weighted by Crippen LogP contribution is -2.66. The van der Waals surface area contributed by atoms with E-state index in [0.717, 1.165) is 11.8 Å². The van der Waals surface area contributed by atoms with Gasteiger partial charge >= 0.3 is 0 Å². The molecule has 16 heavy (non-hydrogen) atoms. The van der Waals surface area contributed by atoms with Crippen molar-refractivity contribution in [3.05, 3.63) is 0 Å². The molecule has 1 saturated carbocycles. The summed E-state index contributed by atoms with van der Waals surface area (Å²) in [7, 11) is 0. The summed E-state index contributed by atoms with van der Waals surface area (Å²) in [5.74, 6) is 1.80. The second-order valence-corrected chi connectivity index (χ2v) is 7.35. The highest BCUT2D eigenvalue weighted by Crippen LogP contribution is 2.72. The Labute approximate surface area is 103 Å². The summed E-state index contributed by atoms with van der Waals surface area (Å²) in [5.41, 5.74) is 1.46. The lowest BCUT2D eigenvalue weighted by molar-refractivity contribution is -0.236. The molecule has 0 saturated heterocycles. The van der Waals surface area contributed by atoms with Crippen LogP contribution in [0.4, 0.5) is 0 Å². The Morgan fingerprint density at radius 3 is 1.88 bits per heavy atom. The highest BCUT2D eigenvalue weighted by Gasteiger charge is 2.66.